The van der Waals surface area contributed by atoms with Gasteiger partial charge in [0.1, 0.15) is 6.61 Å². The Kier molecular flexibility index (Phi) is 5.03. The highest BCUT2D eigenvalue weighted by Gasteiger charge is 2.23. The van der Waals surface area contributed by atoms with Crippen LogP contribution in [0, 0.1) is 19.8 Å². The molecule has 3 nitrogen and oxygen atoms in total. The van der Waals surface area contributed by atoms with Crippen molar-refractivity contribution < 1.29 is 9.53 Å². The van der Waals surface area contributed by atoms with E-state index >= 15 is 0 Å². The second-order valence-electron chi connectivity index (χ2n) is 6.14. The Balaban J connectivity index is 1.90. The predicted octanol–water partition coefficient (Wildman–Crippen LogP) is 3.81. The van der Waals surface area contributed by atoms with E-state index in [4.69, 9.17) is 4.74 Å². The number of carbonyl (C=O) groups is 1. The number of ether oxygens (including phenoxy) is 1. The topological polar surface area (TPSA) is 31.2 Å². The highest BCUT2D eigenvalue weighted by Crippen LogP contribution is 2.28. The Hall–Kier alpha value is -1.09. The molecule has 1 aliphatic rings. The lowest BCUT2D eigenvalue weighted by Crippen LogP contribution is -2.25. The predicted molar refractivity (Wildman–Crippen MR) is 81.2 cm³/mol. The van der Waals surface area contributed by atoms with Crippen LogP contribution in [-0.4, -0.2) is 23.1 Å². The van der Waals surface area contributed by atoms with Gasteiger partial charge in [0.05, 0.1) is 6.10 Å². The second-order valence-corrected chi connectivity index (χ2v) is 6.14. The van der Waals surface area contributed by atoms with Gasteiger partial charge in [0.25, 0.3) is 0 Å². The van der Waals surface area contributed by atoms with E-state index in [0.29, 0.717) is 0 Å². The fraction of sp³-hybridized carbons (Fsp3) is 0.706. The van der Waals surface area contributed by atoms with Crippen LogP contribution in [0.2, 0.25) is 0 Å². The standard InChI is InChI=1S/C17H27NO2/c1-5-14-7-6-8-15(10-14)20-11-17(19)16-9-12(2)18(4)13(16)3/h9,14-15H,5-8,10-11H2,1-4H3. The third-order valence-electron chi connectivity index (χ3n) is 4.84. The van der Waals surface area contributed by atoms with E-state index in [0.717, 1.165) is 35.7 Å². The minimum atomic E-state index is 0.116. The summed E-state index contributed by atoms with van der Waals surface area (Å²) in [7, 11) is 2.00. The van der Waals surface area contributed by atoms with Gasteiger partial charge < -0.3 is 9.30 Å². The summed E-state index contributed by atoms with van der Waals surface area (Å²) >= 11 is 0. The maximum Gasteiger partial charge on any atom is 0.190 e. The Morgan fingerprint density at radius 3 is 2.75 bits per heavy atom. The van der Waals surface area contributed by atoms with Crippen LogP contribution in [0.3, 0.4) is 0 Å². The van der Waals surface area contributed by atoms with Gasteiger partial charge in [-0.2, -0.15) is 0 Å². The van der Waals surface area contributed by atoms with Gasteiger partial charge >= 0.3 is 0 Å². The van der Waals surface area contributed by atoms with E-state index in [9.17, 15) is 4.79 Å². The first-order valence-electron chi connectivity index (χ1n) is 7.80. The summed E-state index contributed by atoms with van der Waals surface area (Å²) in [5.74, 6) is 0.898. The third-order valence-corrected chi connectivity index (χ3v) is 4.84. The van der Waals surface area contributed by atoms with Crippen LogP contribution in [0.25, 0.3) is 0 Å². The van der Waals surface area contributed by atoms with Crippen LogP contribution >= 0.6 is 0 Å². The van der Waals surface area contributed by atoms with Gasteiger partial charge in [-0.25, -0.2) is 0 Å². The Bertz CT molecular complexity index is 476. The van der Waals surface area contributed by atoms with Gasteiger partial charge in [-0.05, 0) is 38.7 Å². The molecule has 3 heteroatoms. The van der Waals surface area contributed by atoms with E-state index < -0.39 is 0 Å². The zero-order valence-electron chi connectivity index (χ0n) is 13.2. The van der Waals surface area contributed by atoms with E-state index in [1.807, 2.05) is 27.0 Å². The maximum atomic E-state index is 12.3. The van der Waals surface area contributed by atoms with Crippen LogP contribution < -0.4 is 0 Å². The quantitative estimate of drug-likeness (QED) is 0.766. The molecule has 112 valence electrons. The van der Waals surface area contributed by atoms with Crippen LogP contribution in [-0.2, 0) is 11.8 Å². The van der Waals surface area contributed by atoms with Gasteiger partial charge in [-0.1, -0.05) is 26.2 Å². The number of Topliss-reactive ketones (excluding diaryl/α,β-unsaturated/α-hetero) is 1. The normalized spacial score (nSPS) is 23.0. The van der Waals surface area contributed by atoms with Gasteiger partial charge in [-0.3, -0.25) is 4.79 Å². The van der Waals surface area contributed by atoms with Crippen molar-refractivity contribution in [2.24, 2.45) is 13.0 Å². The molecule has 1 aromatic heterocycles. The Morgan fingerprint density at radius 2 is 2.15 bits per heavy atom. The van der Waals surface area contributed by atoms with Crippen molar-refractivity contribution in [2.75, 3.05) is 6.61 Å². The van der Waals surface area contributed by atoms with E-state index in [1.165, 1.54) is 19.3 Å². The molecule has 0 amide bonds. The lowest BCUT2D eigenvalue weighted by molar-refractivity contribution is 0.0156. The number of nitrogens with zero attached hydrogens (tertiary/aromatic N) is 1. The zero-order valence-corrected chi connectivity index (χ0v) is 13.2. The molecule has 2 rings (SSSR count). The molecule has 1 saturated carbocycles. The fourth-order valence-electron chi connectivity index (χ4n) is 3.17. The van der Waals surface area contributed by atoms with Crippen LogP contribution in [0.5, 0.6) is 0 Å². The largest absolute Gasteiger partial charge is 0.370 e. The molecule has 2 atom stereocenters. The molecule has 1 aliphatic carbocycles. The van der Waals surface area contributed by atoms with E-state index in [1.54, 1.807) is 0 Å². The molecule has 1 heterocycles. The highest BCUT2D eigenvalue weighted by molar-refractivity contribution is 5.98. The highest BCUT2D eigenvalue weighted by atomic mass is 16.5. The summed E-state index contributed by atoms with van der Waals surface area (Å²) in [4.78, 5) is 12.3. The van der Waals surface area contributed by atoms with Crippen molar-refractivity contribution in [1.29, 1.82) is 0 Å². The van der Waals surface area contributed by atoms with Crippen molar-refractivity contribution in [3.63, 3.8) is 0 Å². The number of rotatable bonds is 5. The van der Waals surface area contributed by atoms with Gasteiger partial charge in [-0.15, -0.1) is 0 Å². The Labute approximate surface area is 122 Å². The number of hydrogen-bond donors (Lipinski definition) is 0. The molecule has 0 spiro atoms. The van der Waals surface area contributed by atoms with Crippen molar-refractivity contribution in [1.82, 2.24) is 4.57 Å². The number of carbonyl (C=O) groups excluding carboxylic acids is 1. The molecule has 0 saturated heterocycles. The van der Waals surface area contributed by atoms with Crippen molar-refractivity contribution in [3.8, 4) is 0 Å². The number of aryl methyl sites for hydroxylation is 1. The smallest absolute Gasteiger partial charge is 0.190 e. The summed E-state index contributed by atoms with van der Waals surface area (Å²) in [5.41, 5.74) is 2.97. The van der Waals surface area contributed by atoms with Crippen molar-refractivity contribution in [3.05, 3.63) is 23.0 Å². The summed E-state index contributed by atoms with van der Waals surface area (Å²) < 4.78 is 7.93. The second kappa shape index (κ2) is 6.57. The summed E-state index contributed by atoms with van der Waals surface area (Å²) in [6.07, 6.45) is 6.29. The fourth-order valence-corrected chi connectivity index (χ4v) is 3.17. The van der Waals surface area contributed by atoms with Crippen LogP contribution in [0.15, 0.2) is 6.07 Å². The summed E-state index contributed by atoms with van der Waals surface area (Å²) in [6.45, 7) is 6.49. The molecule has 0 N–H and O–H groups in total. The molecule has 1 aromatic rings. The first-order valence-corrected chi connectivity index (χ1v) is 7.80. The molecular formula is C17H27NO2. The molecule has 2 unspecified atom stereocenters. The molecule has 1 fully saturated rings. The summed E-state index contributed by atoms with van der Waals surface area (Å²) in [6, 6.07) is 1.97. The minimum absolute atomic E-state index is 0.116. The number of aromatic nitrogens is 1. The molecule has 0 radical (unpaired) electrons. The first kappa shape index (κ1) is 15.3. The lowest BCUT2D eigenvalue weighted by Gasteiger charge is -2.28. The van der Waals surface area contributed by atoms with E-state index in [2.05, 4.69) is 11.5 Å². The number of ketones is 1. The van der Waals surface area contributed by atoms with Crippen molar-refractivity contribution in [2.45, 2.75) is 59.0 Å². The average molecular weight is 277 g/mol. The Morgan fingerprint density at radius 1 is 1.40 bits per heavy atom. The van der Waals surface area contributed by atoms with Crippen LogP contribution in [0.4, 0.5) is 0 Å². The molecule has 0 aromatic carbocycles. The van der Waals surface area contributed by atoms with Gasteiger partial charge in [0.15, 0.2) is 5.78 Å². The number of hydrogen-bond acceptors (Lipinski definition) is 2. The third kappa shape index (κ3) is 3.32. The average Bonchev–Trinajstić information content (AvgIpc) is 2.72. The zero-order chi connectivity index (χ0) is 14.7. The molecule has 0 aliphatic heterocycles. The lowest BCUT2D eigenvalue weighted by atomic mass is 9.85. The molecular weight excluding hydrogens is 250 g/mol. The first-order chi connectivity index (χ1) is 9.52. The molecule has 0 bridgehead atoms. The maximum absolute atomic E-state index is 12.3. The minimum Gasteiger partial charge on any atom is -0.370 e. The van der Waals surface area contributed by atoms with Crippen LogP contribution in [0.1, 0.15) is 60.8 Å². The van der Waals surface area contributed by atoms with Gasteiger partial charge in [0, 0.05) is 24.0 Å². The summed E-state index contributed by atoms with van der Waals surface area (Å²) in [5, 5.41) is 0. The SMILES string of the molecule is CCC1CCCC(OCC(=O)c2cc(C)n(C)c2C)C1. The van der Waals surface area contributed by atoms with E-state index in [-0.39, 0.29) is 18.5 Å². The van der Waals surface area contributed by atoms with Crippen molar-refractivity contribution >= 4 is 5.78 Å². The monoisotopic (exact) mass is 277 g/mol. The molecule has 20 heavy (non-hydrogen) atoms. The van der Waals surface area contributed by atoms with Gasteiger partial charge in [0.2, 0.25) is 0 Å².